The van der Waals surface area contributed by atoms with Gasteiger partial charge in [0.2, 0.25) is 0 Å². The molecule has 120 valence electrons. The SMILES string of the molecule is CN(C)C1(C(=O)C2CCOC3(CCSCC3)C2)CCCC1. The van der Waals surface area contributed by atoms with E-state index in [2.05, 4.69) is 19.0 Å². The maximum Gasteiger partial charge on any atom is 0.156 e. The van der Waals surface area contributed by atoms with Crippen LogP contribution in [0.15, 0.2) is 0 Å². The molecule has 2 heterocycles. The fourth-order valence-corrected chi connectivity index (χ4v) is 5.83. The minimum absolute atomic E-state index is 0.0237. The Morgan fingerprint density at radius 1 is 1.14 bits per heavy atom. The lowest BCUT2D eigenvalue weighted by Crippen LogP contribution is -2.54. The van der Waals surface area contributed by atoms with Crippen LogP contribution in [-0.4, -0.2) is 54.0 Å². The molecule has 0 amide bonds. The van der Waals surface area contributed by atoms with Crippen molar-refractivity contribution in [1.82, 2.24) is 4.90 Å². The first-order valence-electron chi connectivity index (χ1n) is 8.52. The van der Waals surface area contributed by atoms with E-state index < -0.39 is 0 Å². The fourth-order valence-electron chi connectivity index (χ4n) is 4.60. The molecule has 2 aliphatic heterocycles. The van der Waals surface area contributed by atoms with Crippen LogP contribution in [0.25, 0.3) is 0 Å². The van der Waals surface area contributed by atoms with Gasteiger partial charge in [-0.05, 0) is 64.1 Å². The Morgan fingerprint density at radius 2 is 1.81 bits per heavy atom. The quantitative estimate of drug-likeness (QED) is 0.801. The molecular weight excluding hydrogens is 282 g/mol. The lowest BCUT2D eigenvalue weighted by atomic mass is 9.74. The van der Waals surface area contributed by atoms with Crippen LogP contribution in [0, 0.1) is 5.92 Å². The predicted molar refractivity (Wildman–Crippen MR) is 87.9 cm³/mol. The van der Waals surface area contributed by atoms with E-state index in [1.165, 1.54) is 24.3 Å². The molecule has 1 spiro atoms. The van der Waals surface area contributed by atoms with Crippen LogP contribution in [0.4, 0.5) is 0 Å². The summed E-state index contributed by atoms with van der Waals surface area (Å²) in [6, 6.07) is 0. The molecule has 0 aromatic heterocycles. The molecule has 0 N–H and O–H groups in total. The van der Waals surface area contributed by atoms with Crippen LogP contribution in [0.2, 0.25) is 0 Å². The maximum atomic E-state index is 13.3. The Hall–Kier alpha value is -0.0600. The number of ketones is 1. The van der Waals surface area contributed by atoms with Gasteiger partial charge in [0.25, 0.3) is 0 Å². The van der Waals surface area contributed by atoms with Crippen LogP contribution >= 0.6 is 11.8 Å². The third-order valence-electron chi connectivity index (χ3n) is 6.01. The smallest absolute Gasteiger partial charge is 0.156 e. The van der Waals surface area contributed by atoms with E-state index >= 15 is 0 Å². The molecule has 0 radical (unpaired) electrons. The highest BCUT2D eigenvalue weighted by atomic mass is 32.2. The van der Waals surface area contributed by atoms with Gasteiger partial charge in [-0.3, -0.25) is 9.69 Å². The molecule has 2 saturated heterocycles. The number of thioether (sulfide) groups is 1. The Bertz CT molecular complexity index is 379. The first-order chi connectivity index (χ1) is 10.1. The van der Waals surface area contributed by atoms with Crippen molar-refractivity contribution in [3.05, 3.63) is 0 Å². The van der Waals surface area contributed by atoms with Crippen molar-refractivity contribution in [2.24, 2.45) is 5.92 Å². The lowest BCUT2D eigenvalue weighted by Gasteiger charge is -2.45. The summed E-state index contributed by atoms with van der Waals surface area (Å²) in [5.41, 5.74) is -0.150. The van der Waals surface area contributed by atoms with Gasteiger partial charge in [-0.1, -0.05) is 12.8 Å². The second-order valence-corrected chi connectivity index (χ2v) is 8.56. The highest BCUT2D eigenvalue weighted by Gasteiger charge is 2.49. The highest BCUT2D eigenvalue weighted by molar-refractivity contribution is 7.99. The zero-order chi connectivity index (χ0) is 14.9. The third-order valence-corrected chi connectivity index (χ3v) is 7.00. The van der Waals surface area contributed by atoms with Gasteiger partial charge in [-0.25, -0.2) is 0 Å². The summed E-state index contributed by atoms with van der Waals surface area (Å²) >= 11 is 2.03. The molecule has 1 saturated carbocycles. The van der Waals surface area contributed by atoms with Gasteiger partial charge in [-0.15, -0.1) is 0 Å². The molecule has 1 unspecified atom stereocenters. The van der Waals surface area contributed by atoms with Crippen molar-refractivity contribution in [3.63, 3.8) is 0 Å². The largest absolute Gasteiger partial charge is 0.375 e. The molecule has 0 bridgehead atoms. The Kier molecular flexibility index (Phi) is 4.68. The zero-order valence-corrected chi connectivity index (χ0v) is 14.3. The van der Waals surface area contributed by atoms with E-state index in [-0.39, 0.29) is 17.1 Å². The predicted octanol–water partition coefficient (Wildman–Crippen LogP) is 3.12. The van der Waals surface area contributed by atoms with Crippen molar-refractivity contribution in [1.29, 1.82) is 0 Å². The molecule has 1 atom stereocenters. The number of carbonyl (C=O) groups is 1. The maximum absolute atomic E-state index is 13.3. The topological polar surface area (TPSA) is 29.5 Å². The number of nitrogens with zero attached hydrogens (tertiary/aromatic N) is 1. The summed E-state index contributed by atoms with van der Waals surface area (Å²) in [5, 5.41) is 0. The highest BCUT2D eigenvalue weighted by Crippen LogP contribution is 2.44. The fraction of sp³-hybridized carbons (Fsp3) is 0.941. The van der Waals surface area contributed by atoms with Gasteiger partial charge in [0.15, 0.2) is 5.78 Å². The van der Waals surface area contributed by atoms with E-state index in [0.29, 0.717) is 5.78 Å². The van der Waals surface area contributed by atoms with Crippen molar-refractivity contribution >= 4 is 17.5 Å². The van der Waals surface area contributed by atoms with Gasteiger partial charge < -0.3 is 4.74 Å². The number of carbonyl (C=O) groups excluding carboxylic acids is 1. The van der Waals surface area contributed by atoms with Crippen LogP contribution in [0.1, 0.15) is 51.4 Å². The van der Waals surface area contributed by atoms with Crippen LogP contribution in [-0.2, 0) is 9.53 Å². The van der Waals surface area contributed by atoms with Crippen LogP contribution < -0.4 is 0 Å². The molecule has 21 heavy (non-hydrogen) atoms. The average Bonchev–Trinajstić information content (AvgIpc) is 2.98. The van der Waals surface area contributed by atoms with E-state index in [1.54, 1.807) is 0 Å². The third kappa shape index (κ3) is 2.91. The number of hydrogen-bond donors (Lipinski definition) is 0. The minimum atomic E-state index is -0.174. The Labute approximate surface area is 133 Å². The molecule has 0 aromatic carbocycles. The second kappa shape index (κ2) is 6.21. The Balaban J connectivity index is 1.74. The van der Waals surface area contributed by atoms with Gasteiger partial charge in [-0.2, -0.15) is 11.8 Å². The second-order valence-electron chi connectivity index (χ2n) is 7.33. The van der Waals surface area contributed by atoms with Crippen molar-refractivity contribution in [2.45, 2.75) is 62.5 Å². The summed E-state index contributed by atoms with van der Waals surface area (Å²) in [6.07, 6.45) is 8.69. The molecule has 0 aromatic rings. The van der Waals surface area contributed by atoms with E-state index in [4.69, 9.17) is 4.74 Å². The normalized spacial score (nSPS) is 31.7. The summed E-state index contributed by atoms with van der Waals surface area (Å²) in [4.78, 5) is 15.5. The average molecular weight is 311 g/mol. The molecule has 1 aliphatic carbocycles. The van der Waals surface area contributed by atoms with Crippen molar-refractivity contribution in [3.8, 4) is 0 Å². The van der Waals surface area contributed by atoms with Gasteiger partial charge in [0.1, 0.15) is 0 Å². The van der Waals surface area contributed by atoms with Gasteiger partial charge in [0.05, 0.1) is 11.1 Å². The first-order valence-corrected chi connectivity index (χ1v) is 9.67. The Morgan fingerprint density at radius 3 is 2.43 bits per heavy atom. The lowest BCUT2D eigenvalue weighted by molar-refractivity contribution is -0.148. The van der Waals surface area contributed by atoms with Crippen molar-refractivity contribution in [2.75, 3.05) is 32.2 Å². The molecule has 3 fully saturated rings. The molecule has 3 rings (SSSR count). The van der Waals surface area contributed by atoms with E-state index in [1.807, 2.05) is 11.8 Å². The molecule has 3 nitrogen and oxygen atoms in total. The number of Topliss-reactive ketones (excluding diaryl/α,β-unsaturated/α-hetero) is 1. The number of likely N-dealkylation sites (N-methyl/N-ethyl adjacent to an activating group) is 1. The first kappa shape index (κ1) is 15.8. The summed E-state index contributed by atoms with van der Waals surface area (Å²) < 4.78 is 6.16. The minimum Gasteiger partial charge on any atom is -0.375 e. The molecule has 4 heteroatoms. The number of rotatable bonds is 3. The molecular formula is C17H29NO2S. The summed E-state index contributed by atoms with van der Waals surface area (Å²) in [6.45, 7) is 0.782. The van der Waals surface area contributed by atoms with E-state index in [9.17, 15) is 4.79 Å². The number of hydrogen-bond acceptors (Lipinski definition) is 4. The van der Waals surface area contributed by atoms with E-state index in [0.717, 1.165) is 45.1 Å². The zero-order valence-electron chi connectivity index (χ0n) is 13.5. The molecule has 3 aliphatic rings. The summed E-state index contributed by atoms with van der Waals surface area (Å²) in [7, 11) is 4.19. The summed E-state index contributed by atoms with van der Waals surface area (Å²) in [5.74, 6) is 3.13. The van der Waals surface area contributed by atoms with Crippen LogP contribution in [0.5, 0.6) is 0 Å². The van der Waals surface area contributed by atoms with Crippen LogP contribution in [0.3, 0.4) is 0 Å². The van der Waals surface area contributed by atoms with Gasteiger partial charge in [0, 0.05) is 12.5 Å². The van der Waals surface area contributed by atoms with Crippen molar-refractivity contribution < 1.29 is 9.53 Å². The van der Waals surface area contributed by atoms with Gasteiger partial charge >= 0.3 is 0 Å². The number of ether oxygens (including phenoxy) is 1. The standard InChI is InChI=1S/C17H29NO2S/c1-18(2)17(6-3-4-7-17)15(19)14-5-10-20-16(13-14)8-11-21-12-9-16/h14H,3-13H2,1-2H3. The monoisotopic (exact) mass is 311 g/mol.